The van der Waals surface area contributed by atoms with Gasteiger partial charge in [-0.05, 0) is 12.1 Å². The third-order valence-corrected chi connectivity index (χ3v) is 4.33. The zero-order valence-electron chi connectivity index (χ0n) is 14.7. The maximum atomic E-state index is 12.6. The van der Waals surface area contributed by atoms with Crippen LogP contribution in [0.1, 0.15) is 16.4 Å². The number of halogens is 4. The first kappa shape index (κ1) is 22.1. The molecule has 0 bridgehead atoms. The van der Waals surface area contributed by atoms with Crippen LogP contribution in [0.5, 0.6) is 0 Å². The van der Waals surface area contributed by atoms with Gasteiger partial charge in [0.1, 0.15) is 11.3 Å². The Balaban J connectivity index is 0.00000280. The van der Waals surface area contributed by atoms with E-state index in [2.05, 4.69) is 25.6 Å². The number of rotatable bonds is 5. The molecule has 1 aromatic carbocycles. The Kier molecular flexibility index (Phi) is 7.80. The van der Waals surface area contributed by atoms with Crippen molar-refractivity contribution < 1.29 is 17.6 Å². The molecule has 0 radical (unpaired) electrons. The zero-order chi connectivity index (χ0) is 19.3. The van der Waals surface area contributed by atoms with Gasteiger partial charge in [-0.1, -0.05) is 18.2 Å². The van der Waals surface area contributed by atoms with Gasteiger partial charge in [-0.3, -0.25) is 4.99 Å². The molecule has 6 nitrogen and oxygen atoms in total. The minimum atomic E-state index is -4.43. The lowest BCUT2D eigenvalue weighted by molar-refractivity contribution is -0.140. The van der Waals surface area contributed by atoms with E-state index < -0.39 is 11.9 Å². The van der Waals surface area contributed by atoms with Gasteiger partial charge in [0.05, 0.1) is 18.8 Å². The van der Waals surface area contributed by atoms with Crippen molar-refractivity contribution in [2.24, 2.45) is 4.99 Å². The van der Waals surface area contributed by atoms with Crippen molar-refractivity contribution in [1.82, 2.24) is 20.6 Å². The fraction of sp³-hybridized carbons (Fsp3) is 0.235. The van der Waals surface area contributed by atoms with Crippen molar-refractivity contribution in [3.63, 3.8) is 0 Å². The SMILES string of the molecule is CN=C(NCc1coc(-c2ccccc2)n1)NCc1nc(C(F)(F)F)cs1.I. The number of thiazole rings is 1. The molecule has 0 unspecified atom stereocenters. The van der Waals surface area contributed by atoms with Crippen molar-refractivity contribution >= 4 is 41.3 Å². The average Bonchev–Trinajstić information content (AvgIpc) is 3.32. The molecule has 0 aliphatic rings. The number of hydrogen-bond donors (Lipinski definition) is 2. The Morgan fingerprint density at radius 2 is 1.86 bits per heavy atom. The molecule has 11 heteroatoms. The molecule has 3 aromatic rings. The number of aliphatic imine (C=N–C) groups is 1. The van der Waals surface area contributed by atoms with E-state index in [1.54, 1.807) is 13.3 Å². The van der Waals surface area contributed by atoms with Gasteiger partial charge >= 0.3 is 6.18 Å². The molecule has 150 valence electrons. The second-order valence-corrected chi connectivity index (χ2v) is 6.36. The van der Waals surface area contributed by atoms with E-state index in [0.717, 1.165) is 22.3 Å². The summed E-state index contributed by atoms with van der Waals surface area (Å²) in [6.45, 7) is 0.482. The first-order valence-electron chi connectivity index (χ1n) is 7.91. The largest absolute Gasteiger partial charge is 0.444 e. The van der Waals surface area contributed by atoms with Gasteiger partial charge in [-0.2, -0.15) is 13.2 Å². The number of alkyl halides is 3. The van der Waals surface area contributed by atoms with Crippen LogP contribution in [0, 0.1) is 0 Å². The van der Waals surface area contributed by atoms with Crippen LogP contribution in [0.15, 0.2) is 51.4 Å². The molecule has 0 atom stereocenters. The van der Waals surface area contributed by atoms with Gasteiger partial charge in [0.15, 0.2) is 11.7 Å². The molecule has 2 heterocycles. The summed E-state index contributed by atoms with van der Waals surface area (Å²) in [5, 5.41) is 7.26. The van der Waals surface area contributed by atoms with Crippen LogP contribution in [-0.4, -0.2) is 23.0 Å². The number of nitrogens with one attached hydrogen (secondary N) is 2. The predicted octanol–water partition coefficient (Wildman–Crippen LogP) is 4.30. The Hall–Kier alpha value is -2.15. The average molecular weight is 523 g/mol. The van der Waals surface area contributed by atoms with Crippen molar-refractivity contribution in [1.29, 1.82) is 0 Å². The van der Waals surface area contributed by atoms with Gasteiger partial charge < -0.3 is 15.1 Å². The van der Waals surface area contributed by atoms with E-state index in [9.17, 15) is 13.2 Å². The quantitative estimate of drug-likeness (QED) is 0.297. The molecule has 0 aliphatic carbocycles. The fourth-order valence-electron chi connectivity index (χ4n) is 2.18. The van der Waals surface area contributed by atoms with Gasteiger partial charge in [-0.25, -0.2) is 9.97 Å². The summed E-state index contributed by atoms with van der Waals surface area (Å²) in [7, 11) is 1.57. The molecule has 0 spiro atoms. The maximum absolute atomic E-state index is 12.6. The van der Waals surface area contributed by atoms with Crippen molar-refractivity contribution in [2.75, 3.05) is 7.05 Å². The van der Waals surface area contributed by atoms with Crippen LogP contribution < -0.4 is 10.6 Å². The number of aromatic nitrogens is 2. The highest BCUT2D eigenvalue weighted by Gasteiger charge is 2.33. The minimum Gasteiger partial charge on any atom is -0.444 e. The molecule has 0 saturated carbocycles. The summed E-state index contributed by atoms with van der Waals surface area (Å²) in [5.74, 6) is 0.931. The zero-order valence-corrected chi connectivity index (χ0v) is 17.8. The number of oxazole rings is 1. The molecule has 0 saturated heterocycles. The number of guanidine groups is 1. The summed E-state index contributed by atoms with van der Waals surface area (Å²) in [6, 6.07) is 9.49. The van der Waals surface area contributed by atoms with E-state index in [1.165, 1.54) is 0 Å². The van der Waals surface area contributed by atoms with Crippen LogP contribution in [0.3, 0.4) is 0 Å². The van der Waals surface area contributed by atoms with Gasteiger partial charge in [-0.15, -0.1) is 35.3 Å². The Morgan fingerprint density at radius 3 is 2.50 bits per heavy atom. The fourth-order valence-corrected chi connectivity index (χ4v) is 2.92. The molecule has 0 amide bonds. The highest BCUT2D eigenvalue weighted by Crippen LogP contribution is 2.29. The first-order valence-corrected chi connectivity index (χ1v) is 8.79. The Labute approximate surface area is 180 Å². The van der Waals surface area contributed by atoms with Gasteiger partial charge in [0, 0.05) is 18.0 Å². The topological polar surface area (TPSA) is 75.3 Å². The van der Waals surface area contributed by atoms with Gasteiger partial charge in [0.2, 0.25) is 5.89 Å². The number of hydrogen-bond acceptors (Lipinski definition) is 5. The lowest BCUT2D eigenvalue weighted by Crippen LogP contribution is -2.36. The molecule has 28 heavy (non-hydrogen) atoms. The van der Waals surface area contributed by atoms with E-state index in [0.29, 0.717) is 29.1 Å². The molecular weight excluding hydrogens is 506 g/mol. The summed E-state index contributed by atoms with van der Waals surface area (Å²) in [5.41, 5.74) is 0.657. The first-order chi connectivity index (χ1) is 13.0. The highest BCUT2D eigenvalue weighted by atomic mass is 127. The summed E-state index contributed by atoms with van der Waals surface area (Å²) in [4.78, 5) is 12.0. The summed E-state index contributed by atoms with van der Waals surface area (Å²) in [6.07, 6.45) is -2.89. The van der Waals surface area contributed by atoms with Crippen molar-refractivity contribution in [2.45, 2.75) is 19.3 Å². The van der Waals surface area contributed by atoms with Crippen molar-refractivity contribution in [3.8, 4) is 11.5 Å². The highest BCUT2D eigenvalue weighted by molar-refractivity contribution is 14.0. The monoisotopic (exact) mass is 523 g/mol. The summed E-state index contributed by atoms with van der Waals surface area (Å²) < 4.78 is 43.2. The lowest BCUT2D eigenvalue weighted by Gasteiger charge is -2.09. The third-order valence-electron chi connectivity index (χ3n) is 3.48. The van der Waals surface area contributed by atoms with Crippen LogP contribution in [-0.2, 0) is 19.3 Å². The number of benzene rings is 1. The number of nitrogens with zero attached hydrogens (tertiary/aromatic N) is 3. The standard InChI is InChI=1S/C17H16F3N5OS.HI/c1-21-16(23-8-14-25-13(10-27-14)17(18,19)20)22-7-12-9-26-15(24-12)11-5-3-2-4-6-11;/h2-6,9-10H,7-8H2,1H3,(H2,21,22,23);1H. The molecular formula is C17H17F3IN5OS. The van der Waals surface area contributed by atoms with Crippen LogP contribution in [0.4, 0.5) is 13.2 Å². The predicted molar refractivity (Wildman–Crippen MR) is 112 cm³/mol. The Bertz CT molecular complexity index is 911. The molecule has 2 N–H and O–H groups in total. The molecule has 2 aromatic heterocycles. The Morgan fingerprint density at radius 1 is 1.14 bits per heavy atom. The molecule has 0 fully saturated rings. The van der Waals surface area contributed by atoms with Crippen LogP contribution in [0.2, 0.25) is 0 Å². The normalized spacial score (nSPS) is 11.8. The van der Waals surface area contributed by atoms with Crippen molar-refractivity contribution in [3.05, 3.63) is 58.4 Å². The lowest BCUT2D eigenvalue weighted by atomic mass is 10.2. The van der Waals surface area contributed by atoms with E-state index in [4.69, 9.17) is 4.42 Å². The van der Waals surface area contributed by atoms with E-state index >= 15 is 0 Å². The second kappa shape index (κ2) is 9.87. The van der Waals surface area contributed by atoms with E-state index in [-0.39, 0.29) is 30.5 Å². The molecule has 0 aliphatic heterocycles. The van der Waals surface area contributed by atoms with Crippen LogP contribution in [0.25, 0.3) is 11.5 Å². The molecule has 3 rings (SSSR count). The van der Waals surface area contributed by atoms with E-state index in [1.807, 2.05) is 30.3 Å². The van der Waals surface area contributed by atoms with Gasteiger partial charge in [0.25, 0.3) is 0 Å². The third kappa shape index (κ3) is 5.92. The smallest absolute Gasteiger partial charge is 0.434 e. The second-order valence-electron chi connectivity index (χ2n) is 5.41. The minimum absolute atomic E-state index is 0. The summed E-state index contributed by atoms with van der Waals surface area (Å²) >= 11 is 0.941. The van der Waals surface area contributed by atoms with Crippen LogP contribution >= 0.6 is 35.3 Å². The maximum Gasteiger partial charge on any atom is 0.434 e.